The number of aliphatic carboxylic acids is 3. The van der Waals surface area contributed by atoms with E-state index < -0.39 is 41.3 Å². The molecule has 0 aromatic carbocycles. The summed E-state index contributed by atoms with van der Waals surface area (Å²) in [5.41, 5.74) is 6.41. The third-order valence-corrected chi connectivity index (χ3v) is 1.51. The zero-order valence-electron chi connectivity index (χ0n) is 10.3. The van der Waals surface area contributed by atoms with Gasteiger partial charge in [0.05, 0.1) is 10.9 Å². The van der Waals surface area contributed by atoms with Crippen LogP contribution < -0.4 is 26.8 Å². The van der Waals surface area contributed by atoms with E-state index in [9.17, 15) is 39.8 Å². The van der Waals surface area contributed by atoms with Gasteiger partial charge in [-0.05, 0) is 0 Å². The van der Waals surface area contributed by atoms with Crippen molar-refractivity contribution in [2.24, 2.45) is 11.5 Å². The first-order valence-corrected chi connectivity index (χ1v) is 4.60. The molecule has 0 aromatic rings. The van der Waals surface area contributed by atoms with Crippen LogP contribution in [0.2, 0.25) is 0 Å². The topological polar surface area (TPSA) is 236 Å². The van der Waals surface area contributed by atoms with E-state index in [2.05, 4.69) is 0 Å². The van der Waals surface area contributed by atoms with Gasteiger partial charge in [-0.2, -0.15) is 0 Å². The normalized spacial score (nSPS) is 9.19. The van der Waals surface area contributed by atoms with Crippen molar-refractivity contribution in [2.45, 2.75) is 18.4 Å². The van der Waals surface area contributed by atoms with E-state index in [0.717, 1.165) is 0 Å². The van der Waals surface area contributed by atoms with Crippen LogP contribution in [0.4, 0.5) is 0 Å². The molecule has 13 heteroatoms. The molecule has 0 saturated heterocycles. The van der Waals surface area contributed by atoms with E-state index in [4.69, 9.17) is 16.6 Å². The first kappa shape index (κ1) is 24.0. The van der Waals surface area contributed by atoms with Crippen LogP contribution in [0.5, 0.6) is 0 Å². The Morgan fingerprint density at radius 3 is 1.52 bits per heavy atom. The minimum Gasteiger partial charge on any atom is -0.550 e. The number of hydrogen-bond donors (Lipinski definition) is 3. The molecule has 0 saturated carbocycles. The minimum absolute atomic E-state index is 0. The number of aliphatic hydroxyl groups is 1. The number of nitrogens with zero attached hydrogens (tertiary/aromatic N) is 1. The molecule has 0 fully saturated rings. The van der Waals surface area contributed by atoms with Gasteiger partial charge < -0.3 is 46.3 Å². The average molecular weight is 501 g/mol. The standard InChI is InChI=1S/C6H8O7.C2H5N3O2.Bi/c7-3(8)1-6(13,5(11)12)2-4(9)10;3-2(4)1-5(6)7;/h13H,1-2H2,(H,7,8)(H,9,10)(H,11,12);1H,3-4H2;/q;;+3/p-3. The maximum Gasteiger partial charge on any atom is 3.00 e. The summed E-state index contributed by atoms with van der Waals surface area (Å²) in [6, 6.07) is 0. The van der Waals surface area contributed by atoms with Crippen molar-refractivity contribution in [2.75, 3.05) is 0 Å². The van der Waals surface area contributed by atoms with Gasteiger partial charge >= 0.3 is 26.2 Å². The monoisotopic (exact) mass is 501 g/mol. The molecule has 2 radical (unpaired) electrons. The van der Waals surface area contributed by atoms with Gasteiger partial charge in [0.2, 0.25) is 0 Å². The fraction of sp³-hybridized carbons (Fsp3) is 0.375. The Hall–Kier alpha value is -2.01. The number of carbonyl (C=O) groups is 3. The van der Waals surface area contributed by atoms with E-state index in [0.29, 0.717) is 6.20 Å². The summed E-state index contributed by atoms with van der Waals surface area (Å²) in [6.45, 7) is 0. The van der Waals surface area contributed by atoms with Crippen LogP contribution in [0.3, 0.4) is 0 Å². The Balaban J connectivity index is -0.000000347. The first-order valence-electron chi connectivity index (χ1n) is 4.60. The van der Waals surface area contributed by atoms with Crippen molar-refractivity contribution < 1.29 is 39.7 Å². The van der Waals surface area contributed by atoms with Crippen molar-refractivity contribution in [1.29, 1.82) is 0 Å². The first-order chi connectivity index (χ1) is 8.90. The molecule has 12 nitrogen and oxygen atoms in total. The summed E-state index contributed by atoms with van der Waals surface area (Å²) in [6.07, 6.45) is -2.19. The van der Waals surface area contributed by atoms with Crippen LogP contribution in [0, 0.1) is 10.1 Å². The Morgan fingerprint density at radius 1 is 1.10 bits per heavy atom. The van der Waals surface area contributed by atoms with Gasteiger partial charge in [-0.15, -0.1) is 0 Å². The summed E-state index contributed by atoms with van der Waals surface area (Å²) in [4.78, 5) is 38.7. The molecule has 116 valence electrons. The second-order valence-corrected chi connectivity index (χ2v) is 3.33. The Bertz CT molecular complexity index is 417. The molecular formula is C8H10BiN3O9. The zero-order valence-corrected chi connectivity index (χ0v) is 13.7. The predicted octanol–water partition coefficient (Wildman–Crippen LogP) is -6.65. The average Bonchev–Trinajstić information content (AvgIpc) is 2.12. The van der Waals surface area contributed by atoms with Crippen molar-refractivity contribution in [1.82, 2.24) is 0 Å². The minimum atomic E-state index is -2.97. The molecule has 21 heavy (non-hydrogen) atoms. The molecule has 0 aliphatic rings. The molecule has 0 heterocycles. The number of nitro groups is 1. The summed E-state index contributed by atoms with van der Waals surface area (Å²) in [7, 11) is 0. The zero-order chi connectivity index (χ0) is 16.5. The quantitative estimate of drug-likeness (QED) is 0.176. The number of carbonyl (C=O) groups excluding carboxylic acids is 3. The largest absolute Gasteiger partial charge is 3.00 e. The van der Waals surface area contributed by atoms with Crippen LogP contribution in [0.1, 0.15) is 12.8 Å². The van der Waals surface area contributed by atoms with Crippen LogP contribution in [-0.4, -0.2) is 59.7 Å². The molecule has 0 aromatic heterocycles. The molecule has 0 unspecified atom stereocenters. The smallest absolute Gasteiger partial charge is 0.550 e. The fourth-order valence-electron chi connectivity index (χ4n) is 0.806. The number of carboxylic acid groups (broad SMARTS) is 3. The Morgan fingerprint density at radius 2 is 1.43 bits per heavy atom. The summed E-state index contributed by atoms with van der Waals surface area (Å²) < 4.78 is 0. The van der Waals surface area contributed by atoms with E-state index in [1.54, 1.807) is 0 Å². The molecule has 0 aliphatic carbocycles. The van der Waals surface area contributed by atoms with Gasteiger partial charge in [0.1, 0.15) is 5.60 Å². The molecule has 5 N–H and O–H groups in total. The van der Waals surface area contributed by atoms with Crippen LogP contribution in [0.25, 0.3) is 0 Å². The summed E-state index contributed by atoms with van der Waals surface area (Å²) in [5.74, 6) is -6.27. The van der Waals surface area contributed by atoms with Gasteiger partial charge in [-0.25, -0.2) is 0 Å². The summed E-state index contributed by atoms with van der Waals surface area (Å²) in [5, 5.41) is 48.3. The van der Waals surface area contributed by atoms with Crippen molar-refractivity contribution in [3.05, 3.63) is 22.1 Å². The second-order valence-electron chi connectivity index (χ2n) is 3.33. The Kier molecular flexibility index (Phi) is 12.3. The molecular weight excluding hydrogens is 491 g/mol. The SMILES string of the molecule is NC(N)=C[N+](=O)[O-].O=C([O-])CC(O)(CC(=O)[O-])C(=O)[O-].[Bi+3]. The van der Waals surface area contributed by atoms with Gasteiger partial charge in [0.25, 0.3) is 6.20 Å². The van der Waals surface area contributed by atoms with Gasteiger partial charge in [0, 0.05) is 24.8 Å². The summed E-state index contributed by atoms with van der Waals surface area (Å²) >= 11 is 0. The fourth-order valence-corrected chi connectivity index (χ4v) is 0.806. The van der Waals surface area contributed by atoms with E-state index in [1.807, 2.05) is 0 Å². The number of rotatable bonds is 6. The van der Waals surface area contributed by atoms with Crippen LogP contribution >= 0.6 is 0 Å². The molecule has 0 atom stereocenters. The molecule has 0 bridgehead atoms. The predicted molar refractivity (Wildman–Crippen MR) is 58.4 cm³/mol. The third-order valence-electron chi connectivity index (χ3n) is 1.51. The number of nitrogens with two attached hydrogens (primary N) is 2. The maximum absolute atomic E-state index is 10.1. The van der Waals surface area contributed by atoms with Crippen LogP contribution in [-0.2, 0) is 14.4 Å². The number of hydrogen-bond acceptors (Lipinski definition) is 11. The Labute approximate surface area is 136 Å². The van der Waals surface area contributed by atoms with Gasteiger partial charge in [0.15, 0.2) is 5.82 Å². The second kappa shape index (κ2) is 10.7. The van der Waals surface area contributed by atoms with Crippen molar-refractivity contribution in [3.8, 4) is 0 Å². The number of carboxylic acids is 3. The maximum atomic E-state index is 10.1. The molecule has 0 spiro atoms. The van der Waals surface area contributed by atoms with Crippen molar-refractivity contribution >= 4 is 44.1 Å². The van der Waals surface area contributed by atoms with Gasteiger partial charge in [-0.3, -0.25) is 10.1 Å². The van der Waals surface area contributed by atoms with Crippen molar-refractivity contribution in [3.63, 3.8) is 0 Å². The molecule has 0 aliphatic heterocycles. The van der Waals surface area contributed by atoms with E-state index in [1.165, 1.54) is 0 Å². The van der Waals surface area contributed by atoms with Gasteiger partial charge in [-0.1, -0.05) is 0 Å². The van der Waals surface area contributed by atoms with Crippen LogP contribution in [0.15, 0.2) is 12.0 Å². The van der Waals surface area contributed by atoms with E-state index >= 15 is 0 Å². The molecule has 0 rings (SSSR count). The van der Waals surface area contributed by atoms with E-state index in [-0.39, 0.29) is 32.0 Å². The molecule has 0 amide bonds. The third kappa shape index (κ3) is 14.2.